The van der Waals surface area contributed by atoms with Crippen LogP contribution in [0.2, 0.25) is 0 Å². The van der Waals surface area contributed by atoms with Gasteiger partial charge in [-0.2, -0.15) is 0 Å². The molecule has 1 amide bonds. The number of amides is 1. The predicted molar refractivity (Wildman–Crippen MR) is 90.4 cm³/mol. The maximum Gasteiger partial charge on any atom is 0.227 e. The number of ether oxygens (including phenoxy) is 1. The number of nitrogens with one attached hydrogen (secondary N) is 2. The van der Waals surface area contributed by atoms with Crippen LogP contribution in [0.5, 0.6) is 0 Å². The van der Waals surface area contributed by atoms with E-state index in [0.717, 1.165) is 24.0 Å². The summed E-state index contributed by atoms with van der Waals surface area (Å²) in [4.78, 5) is 13.3. The largest absolute Gasteiger partial charge is 0.375 e. The molecule has 1 aromatic carbocycles. The average Bonchev–Trinajstić information content (AvgIpc) is 3.03. The van der Waals surface area contributed by atoms with Gasteiger partial charge in [0.2, 0.25) is 5.91 Å². The first kappa shape index (κ1) is 15.8. The molecule has 1 unspecified atom stereocenters. The minimum atomic E-state index is -0.00838. The van der Waals surface area contributed by atoms with Gasteiger partial charge in [-0.1, -0.05) is 12.8 Å². The molecule has 1 heterocycles. The second-order valence-corrected chi connectivity index (χ2v) is 7.37. The van der Waals surface area contributed by atoms with E-state index in [1.54, 1.807) is 0 Å². The van der Waals surface area contributed by atoms with Crippen molar-refractivity contribution in [1.29, 1.82) is 0 Å². The number of morpholine rings is 1. The number of thioether (sulfide) groups is 1. The van der Waals surface area contributed by atoms with E-state index in [-0.39, 0.29) is 12.0 Å². The highest BCUT2D eigenvalue weighted by molar-refractivity contribution is 8.00. The Balaban J connectivity index is 1.46. The van der Waals surface area contributed by atoms with Crippen LogP contribution in [0, 0.1) is 0 Å². The fourth-order valence-corrected chi connectivity index (χ4v) is 4.23. The number of anilines is 1. The van der Waals surface area contributed by atoms with Gasteiger partial charge in [-0.25, -0.2) is 0 Å². The quantitative estimate of drug-likeness (QED) is 0.875. The Morgan fingerprint density at radius 1 is 1.27 bits per heavy atom. The van der Waals surface area contributed by atoms with Gasteiger partial charge in [-0.05, 0) is 37.1 Å². The highest BCUT2D eigenvalue weighted by atomic mass is 32.2. The lowest BCUT2D eigenvalue weighted by atomic mass is 10.2. The third-order valence-electron chi connectivity index (χ3n) is 4.16. The third-order valence-corrected chi connectivity index (χ3v) is 5.51. The van der Waals surface area contributed by atoms with E-state index in [4.69, 9.17) is 4.74 Å². The van der Waals surface area contributed by atoms with Gasteiger partial charge in [-0.15, -0.1) is 11.8 Å². The SMILES string of the molecule is O=C(CC1CNCCO1)Nc1ccc(SC2CCCC2)cc1. The first-order valence-electron chi connectivity index (χ1n) is 8.18. The van der Waals surface area contributed by atoms with Crippen molar-refractivity contribution in [3.8, 4) is 0 Å². The molecule has 0 radical (unpaired) electrons. The van der Waals surface area contributed by atoms with Crippen LogP contribution in [0.25, 0.3) is 0 Å². The van der Waals surface area contributed by atoms with Crippen LogP contribution in [0.15, 0.2) is 29.2 Å². The fourth-order valence-electron chi connectivity index (χ4n) is 2.99. The number of hydrogen-bond acceptors (Lipinski definition) is 4. The Hall–Kier alpha value is -1.04. The van der Waals surface area contributed by atoms with Crippen LogP contribution in [0.1, 0.15) is 32.1 Å². The van der Waals surface area contributed by atoms with Crippen molar-refractivity contribution in [2.45, 2.75) is 48.4 Å². The topological polar surface area (TPSA) is 50.4 Å². The Morgan fingerprint density at radius 3 is 2.73 bits per heavy atom. The Kier molecular flexibility index (Phi) is 5.76. The van der Waals surface area contributed by atoms with Gasteiger partial charge in [0.05, 0.1) is 19.1 Å². The molecule has 2 fully saturated rings. The summed E-state index contributed by atoms with van der Waals surface area (Å²) in [5.74, 6) is 0.0184. The number of rotatable bonds is 5. The molecule has 1 atom stereocenters. The van der Waals surface area contributed by atoms with Crippen LogP contribution >= 0.6 is 11.8 Å². The van der Waals surface area contributed by atoms with Crippen molar-refractivity contribution in [3.63, 3.8) is 0 Å². The van der Waals surface area contributed by atoms with Gasteiger partial charge in [0, 0.05) is 28.9 Å². The molecule has 1 saturated heterocycles. The number of carbonyl (C=O) groups excluding carboxylic acids is 1. The van der Waals surface area contributed by atoms with Crippen molar-refractivity contribution in [3.05, 3.63) is 24.3 Å². The lowest BCUT2D eigenvalue weighted by molar-refractivity contribution is -0.119. The monoisotopic (exact) mass is 320 g/mol. The van der Waals surface area contributed by atoms with Crippen molar-refractivity contribution in [1.82, 2.24) is 5.32 Å². The van der Waals surface area contributed by atoms with E-state index in [1.807, 2.05) is 23.9 Å². The lowest BCUT2D eigenvalue weighted by Gasteiger charge is -2.23. The molecule has 0 spiro atoms. The normalized spacial score (nSPS) is 22.6. The molecular formula is C17H24N2O2S. The Bertz CT molecular complexity index is 480. The van der Waals surface area contributed by atoms with Gasteiger partial charge in [0.25, 0.3) is 0 Å². The molecule has 2 N–H and O–H groups in total. The number of hydrogen-bond donors (Lipinski definition) is 2. The minimum Gasteiger partial charge on any atom is -0.375 e. The number of carbonyl (C=O) groups is 1. The summed E-state index contributed by atoms with van der Waals surface area (Å²) in [6, 6.07) is 8.21. The van der Waals surface area contributed by atoms with Gasteiger partial charge in [0.15, 0.2) is 0 Å². The summed E-state index contributed by atoms with van der Waals surface area (Å²) in [6.07, 6.45) is 5.79. The highest BCUT2D eigenvalue weighted by Gasteiger charge is 2.18. The van der Waals surface area contributed by atoms with E-state index in [9.17, 15) is 4.79 Å². The standard InChI is InChI=1S/C17H24N2O2S/c20-17(11-14-12-18-9-10-21-14)19-13-5-7-16(8-6-13)22-15-3-1-2-4-15/h5-8,14-15,18H,1-4,9-12H2,(H,19,20). The molecule has 2 aliphatic rings. The third kappa shape index (κ3) is 4.73. The molecule has 1 saturated carbocycles. The molecule has 22 heavy (non-hydrogen) atoms. The molecule has 1 aliphatic carbocycles. The number of benzene rings is 1. The molecule has 5 heteroatoms. The zero-order valence-electron chi connectivity index (χ0n) is 12.8. The zero-order chi connectivity index (χ0) is 15.2. The van der Waals surface area contributed by atoms with Gasteiger partial charge >= 0.3 is 0 Å². The first-order valence-corrected chi connectivity index (χ1v) is 9.06. The Morgan fingerprint density at radius 2 is 2.05 bits per heavy atom. The summed E-state index contributed by atoms with van der Waals surface area (Å²) in [7, 11) is 0. The summed E-state index contributed by atoms with van der Waals surface area (Å²) in [5, 5.41) is 6.97. The van der Waals surface area contributed by atoms with E-state index >= 15 is 0 Å². The molecule has 1 aromatic rings. The molecular weight excluding hydrogens is 296 g/mol. The lowest BCUT2D eigenvalue weighted by Crippen LogP contribution is -2.40. The first-order chi connectivity index (χ1) is 10.8. The van der Waals surface area contributed by atoms with E-state index in [1.165, 1.54) is 30.6 Å². The second kappa shape index (κ2) is 7.99. The molecule has 0 aromatic heterocycles. The van der Waals surface area contributed by atoms with Crippen LogP contribution in [0.3, 0.4) is 0 Å². The van der Waals surface area contributed by atoms with Crippen LogP contribution in [-0.2, 0) is 9.53 Å². The van der Waals surface area contributed by atoms with Crippen molar-refractivity contribution >= 4 is 23.4 Å². The summed E-state index contributed by atoms with van der Waals surface area (Å²) >= 11 is 1.97. The van der Waals surface area contributed by atoms with Gasteiger partial charge < -0.3 is 15.4 Å². The molecule has 120 valence electrons. The highest BCUT2D eigenvalue weighted by Crippen LogP contribution is 2.34. The predicted octanol–water partition coefficient (Wildman–Crippen LogP) is 3.04. The fraction of sp³-hybridized carbons (Fsp3) is 0.588. The van der Waals surface area contributed by atoms with E-state index in [0.29, 0.717) is 13.0 Å². The van der Waals surface area contributed by atoms with E-state index in [2.05, 4.69) is 22.8 Å². The van der Waals surface area contributed by atoms with Crippen LogP contribution in [0.4, 0.5) is 5.69 Å². The Labute approximate surface area is 136 Å². The van der Waals surface area contributed by atoms with Gasteiger partial charge in [0.1, 0.15) is 0 Å². The van der Waals surface area contributed by atoms with Crippen LogP contribution in [-0.4, -0.2) is 37.0 Å². The minimum absolute atomic E-state index is 0.00838. The summed E-state index contributed by atoms with van der Waals surface area (Å²) < 4.78 is 5.55. The second-order valence-electron chi connectivity index (χ2n) is 6.00. The van der Waals surface area contributed by atoms with E-state index < -0.39 is 0 Å². The maximum absolute atomic E-state index is 12.0. The summed E-state index contributed by atoms with van der Waals surface area (Å²) in [5.41, 5.74) is 0.865. The average molecular weight is 320 g/mol. The van der Waals surface area contributed by atoms with Crippen LogP contribution < -0.4 is 10.6 Å². The summed E-state index contributed by atoms with van der Waals surface area (Å²) in [6.45, 7) is 2.31. The molecule has 3 rings (SSSR count). The molecule has 1 aliphatic heterocycles. The molecule has 0 bridgehead atoms. The smallest absolute Gasteiger partial charge is 0.227 e. The van der Waals surface area contributed by atoms with Crippen molar-refractivity contribution in [2.75, 3.05) is 25.0 Å². The van der Waals surface area contributed by atoms with Crippen molar-refractivity contribution < 1.29 is 9.53 Å². The zero-order valence-corrected chi connectivity index (χ0v) is 13.7. The maximum atomic E-state index is 12.0. The van der Waals surface area contributed by atoms with Crippen molar-refractivity contribution in [2.24, 2.45) is 0 Å². The van der Waals surface area contributed by atoms with Gasteiger partial charge in [-0.3, -0.25) is 4.79 Å². The molecule has 4 nitrogen and oxygen atoms in total.